The fourth-order valence-corrected chi connectivity index (χ4v) is 2.57. The number of rotatable bonds is 1. The molecule has 4 heteroatoms. The topological polar surface area (TPSA) is 12.0 Å². The van der Waals surface area contributed by atoms with E-state index in [-0.39, 0.29) is 25.2 Å². The van der Waals surface area contributed by atoms with Gasteiger partial charge in [-0.25, -0.2) is 8.78 Å². The zero-order valence-electron chi connectivity index (χ0n) is 10.1. The van der Waals surface area contributed by atoms with Crippen molar-refractivity contribution >= 4 is 12.4 Å². The lowest BCUT2D eigenvalue weighted by molar-refractivity contribution is -0.0612. The van der Waals surface area contributed by atoms with E-state index in [1.54, 1.807) is 0 Å². The first-order valence-corrected chi connectivity index (χ1v) is 5.62. The van der Waals surface area contributed by atoms with Gasteiger partial charge in [0.05, 0.1) is 0 Å². The zero-order chi connectivity index (χ0) is 11.8. The van der Waals surface area contributed by atoms with Crippen molar-refractivity contribution in [1.29, 1.82) is 0 Å². The van der Waals surface area contributed by atoms with Crippen LogP contribution >= 0.6 is 12.4 Å². The van der Waals surface area contributed by atoms with Gasteiger partial charge >= 0.3 is 0 Å². The highest BCUT2D eigenvalue weighted by atomic mass is 35.5. The van der Waals surface area contributed by atoms with Gasteiger partial charge in [0.25, 0.3) is 5.92 Å². The third-order valence-electron chi connectivity index (χ3n) is 3.36. The summed E-state index contributed by atoms with van der Waals surface area (Å²) in [5, 5.41) is 3.23. The Labute approximate surface area is 107 Å². The predicted octanol–water partition coefficient (Wildman–Crippen LogP) is 3.65. The summed E-state index contributed by atoms with van der Waals surface area (Å²) < 4.78 is 27.0. The molecule has 1 fully saturated rings. The molecule has 96 valence electrons. The van der Waals surface area contributed by atoms with Gasteiger partial charge in [0.15, 0.2) is 0 Å². The van der Waals surface area contributed by atoms with Gasteiger partial charge in [-0.3, -0.25) is 0 Å². The van der Waals surface area contributed by atoms with E-state index in [4.69, 9.17) is 0 Å². The normalized spacial score (nSPS) is 27.3. The summed E-state index contributed by atoms with van der Waals surface area (Å²) in [5.41, 5.74) is 1.44. The monoisotopic (exact) mass is 261 g/mol. The van der Waals surface area contributed by atoms with E-state index in [0.717, 1.165) is 11.1 Å². The second-order valence-electron chi connectivity index (χ2n) is 4.86. The predicted molar refractivity (Wildman–Crippen MR) is 68.0 cm³/mol. The van der Waals surface area contributed by atoms with Crippen LogP contribution in [0.1, 0.15) is 30.9 Å². The summed E-state index contributed by atoms with van der Waals surface area (Å²) in [6.07, 6.45) is -0.181. The minimum absolute atomic E-state index is 0. The van der Waals surface area contributed by atoms with Gasteiger partial charge in [0.2, 0.25) is 0 Å². The minimum Gasteiger partial charge on any atom is -0.307 e. The van der Waals surface area contributed by atoms with Crippen molar-refractivity contribution in [1.82, 2.24) is 5.32 Å². The zero-order valence-corrected chi connectivity index (χ0v) is 10.9. The molecular weight excluding hydrogens is 244 g/mol. The minimum atomic E-state index is -2.55. The molecule has 0 spiro atoms. The molecule has 1 atom stereocenters. The summed E-state index contributed by atoms with van der Waals surface area (Å²) >= 11 is 0. The third kappa shape index (κ3) is 2.96. The summed E-state index contributed by atoms with van der Waals surface area (Å²) in [5.74, 6) is -2.55. The smallest absolute Gasteiger partial charge is 0.251 e. The van der Waals surface area contributed by atoms with Crippen LogP contribution in [0, 0.1) is 6.92 Å². The second-order valence-corrected chi connectivity index (χ2v) is 4.86. The number of piperidine rings is 1. The summed E-state index contributed by atoms with van der Waals surface area (Å²) in [6.45, 7) is 4.20. The van der Waals surface area contributed by atoms with E-state index in [1.165, 1.54) is 0 Å². The molecule has 0 saturated carbocycles. The first-order valence-electron chi connectivity index (χ1n) is 5.62. The fraction of sp³-hybridized carbons (Fsp3) is 0.538. The quantitative estimate of drug-likeness (QED) is 0.814. The van der Waals surface area contributed by atoms with Crippen LogP contribution in [0.4, 0.5) is 8.78 Å². The Hall–Kier alpha value is -0.670. The Morgan fingerprint density at radius 2 is 1.88 bits per heavy atom. The first-order chi connectivity index (χ1) is 7.43. The number of hydrogen-bond acceptors (Lipinski definition) is 1. The highest BCUT2D eigenvalue weighted by Gasteiger charge is 2.44. The van der Waals surface area contributed by atoms with Gasteiger partial charge in [-0.1, -0.05) is 24.3 Å². The largest absolute Gasteiger partial charge is 0.307 e. The molecule has 1 aromatic rings. The van der Waals surface area contributed by atoms with Crippen LogP contribution in [0.3, 0.4) is 0 Å². The van der Waals surface area contributed by atoms with E-state index in [0.29, 0.717) is 6.54 Å². The highest BCUT2D eigenvalue weighted by molar-refractivity contribution is 5.85. The molecule has 1 N–H and O–H groups in total. The van der Waals surface area contributed by atoms with Gasteiger partial charge in [-0.2, -0.15) is 0 Å². The fourth-order valence-electron chi connectivity index (χ4n) is 2.57. The van der Waals surface area contributed by atoms with Crippen LogP contribution in [-0.2, 0) is 5.54 Å². The van der Waals surface area contributed by atoms with Crippen LogP contribution < -0.4 is 5.32 Å². The Bertz CT molecular complexity index is 395. The Morgan fingerprint density at radius 1 is 1.24 bits per heavy atom. The Kier molecular flexibility index (Phi) is 4.15. The molecule has 1 saturated heterocycles. The lowest BCUT2D eigenvalue weighted by Gasteiger charge is -2.40. The molecule has 0 radical (unpaired) electrons. The molecule has 1 aromatic carbocycles. The molecule has 0 bridgehead atoms. The van der Waals surface area contributed by atoms with Gasteiger partial charge in [-0.05, 0) is 25.0 Å². The van der Waals surface area contributed by atoms with Crippen LogP contribution in [0.15, 0.2) is 24.3 Å². The van der Waals surface area contributed by atoms with Gasteiger partial charge in [-0.15, -0.1) is 12.4 Å². The van der Waals surface area contributed by atoms with Crippen molar-refractivity contribution in [3.63, 3.8) is 0 Å². The number of alkyl halides is 2. The SMILES string of the molecule is Cc1ccccc1C1(C)CC(F)(F)CCN1.Cl. The number of benzene rings is 1. The van der Waals surface area contributed by atoms with Crippen molar-refractivity contribution in [2.45, 2.75) is 38.2 Å². The van der Waals surface area contributed by atoms with Gasteiger partial charge in [0, 0.05) is 24.9 Å². The molecule has 0 amide bonds. The van der Waals surface area contributed by atoms with Gasteiger partial charge < -0.3 is 5.32 Å². The highest BCUT2D eigenvalue weighted by Crippen LogP contribution is 2.39. The molecule has 17 heavy (non-hydrogen) atoms. The maximum absolute atomic E-state index is 13.5. The van der Waals surface area contributed by atoms with Crippen LogP contribution in [-0.4, -0.2) is 12.5 Å². The van der Waals surface area contributed by atoms with Gasteiger partial charge in [0.1, 0.15) is 0 Å². The van der Waals surface area contributed by atoms with Crippen molar-refractivity contribution in [3.8, 4) is 0 Å². The molecule has 1 nitrogen and oxygen atoms in total. The first kappa shape index (κ1) is 14.4. The van der Waals surface area contributed by atoms with E-state index in [9.17, 15) is 8.78 Å². The van der Waals surface area contributed by atoms with E-state index in [1.807, 2.05) is 38.1 Å². The Morgan fingerprint density at radius 3 is 2.47 bits per heavy atom. The average molecular weight is 262 g/mol. The standard InChI is InChI=1S/C13H17F2N.ClH/c1-10-5-3-4-6-11(10)12(2)9-13(14,15)7-8-16-12;/h3-6,16H,7-9H2,1-2H3;1H. The molecule has 0 aliphatic carbocycles. The average Bonchev–Trinajstić information content (AvgIpc) is 2.16. The second kappa shape index (κ2) is 4.91. The molecule has 0 aromatic heterocycles. The van der Waals surface area contributed by atoms with Crippen LogP contribution in [0.5, 0.6) is 0 Å². The number of aryl methyl sites for hydroxylation is 1. The molecule has 1 heterocycles. The maximum atomic E-state index is 13.5. The van der Waals surface area contributed by atoms with Crippen LogP contribution in [0.2, 0.25) is 0 Å². The van der Waals surface area contributed by atoms with E-state index in [2.05, 4.69) is 5.32 Å². The number of halogens is 3. The molecule has 1 aliphatic rings. The summed E-state index contributed by atoms with van der Waals surface area (Å²) in [7, 11) is 0. The van der Waals surface area contributed by atoms with Crippen LogP contribution in [0.25, 0.3) is 0 Å². The molecule has 1 unspecified atom stereocenters. The third-order valence-corrected chi connectivity index (χ3v) is 3.36. The van der Waals surface area contributed by atoms with Crippen molar-refractivity contribution in [2.24, 2.45) is 0 Å². The summed E-state index contributed by atoms with van der Waals surface area (Å²) in [6, 6.07) is 7.74. The Balaban J connectivity index is 0.00000144. The lowest BCUT2D eigenvalue weighted by Crippen LogP contribution is -2.50. The van der Waals surface area contributed by atoms with Crippen molar-refractivity contribution in [3.05, 3.63) is 35.4 Å². The molecule has 1 aliphatic heterocycles. The van der Waals surface area contributed by atoms with E-state index < -0.39 is 11.5 Å². The molecular formula is C13H18ClF2N. The maximum Gasteiger partial charge on any atom is 0.251 e. The lowest BCUT2D eigenvalue weighted by atomic mass is 9.80. The number of hydrogen-bond donors (Lipinski definition) is 1. The summed E-state index contributed by atoms with van der Waals surface area (Å²) in [4.78, 5) is 0. The van der Waals surface area contributed by atoms with E-state index >= 15 is 0 Å². The van der Waals surface area contributed by atoms with Crippen molar-refractivity contribution < 1.29 is 8.78 Å². The van der Waals surface area contributed by atoms with Crippen molar-refractivity contribution in [2.75, 3.05) is 6.54 Å². The number of nitrogens with one attached hydrogen (secondary N) is 1. The molecule has 2 rings (SSSR count).